The molecule has 2 aliphatic heterocycles. The second kappa shape index (κ2) is 12.3. The van der Waals surface area contributed by atoms with Crippen LogP contribution in [0, 0.1) is 16.7 Å². The molecule has 1 saturated carbocycles. The van der Waals surface area contributed by atoms with Crippen molar-refractivity contribution in [2.75, 3.05) is 49.1 Å². The van der Waals surface area contributed by atoms with Gasteiger partial charge in [-0.1, -0.05) is 18.5 Å². The zero-order valence-corrected chi connectivity index (χ0v) is 25.6. The molecule has 3 aliphatic rings. The number of likely N-dealkylation sites (N-methyl/N-ethyl adjacent to an activating group) is 1. The average Bonchev–Trinajstić information content (AvgIpc) is 3.62. The number of Topliss-reactive ketones (excluding diaryl/α,β-unsaturated/α-hetero) is 1. The number of nitrogens with zero attached hydrogens (tertiary/aromatic N) is 5. The number of pyridine rings is 1. The van der Waals surface area contributed by atoms with E-state index < -0.39 is 44.1 Å². The zero-order valence-electron chi connectivity index (χ0n) is 24.0. The number of hydrogen-bond donors (Lipinski definition) is 0. The van der Waals surface area contributed by atoms with Crippen molar-refractivity contribution in [3.8, 4) is 6.07 Å². The molecular weight excluding hydrogens is 603 g/mol. The predicted molar refractivity (Wildman–Crippen MR) is 158 cm³/mol. The van der Waals surface area contributed by atoms with Crippen LogP contribution in [-0.2, 0) is 20.8 Å². The second-order valence-electron chi connectivity index (χ2n) is 11.7. The summed E-state index contributed by atoms with van der Waals surface area (Å²) in [5, 5.41) is 8.22. The van der Waals surface area contributed by atoms with Crippen molar-refractivity contribution < 1.29 is 26.4 Å². The monoisotopic (exact) mass is 637 g/mol. The van der Waals surface area contributed by atoms with Crippen molar-refractivity contribution in [2.24, 2.45) is 5.41 Å². The number of piperazine rings is 1. The lowest BCUT2D eigenvalue weighted by atomic mass is 9.97. The number of alkyl halides is 3. The average molecular weight is 638 g/mol. The molecule has 0 spiro atoms. The van der Waals surface area contributed by atoms with Crippen LogP contribution in [0.25, 0.3) is 0 Å². The molecule has 1 aromatic carbocycles. The van der Waals surface area contributed by atoms with Gasteiger partial charge in [0.05, 0.1) is 38.3 Å². The molecule has 1 aromatic heterocycles. The highest BCUT2D eigenvalue weighted by molar-refractivity contribution is 7.92. The largest absolute Gasteiger partial charge is 0.419 e. The highest BCUT2D eigenvalue weighted by Crippen LogP contribution is 2.49. The van der Waals surface area contributed by atoms with Gasteiger partial charge >= 0.3 is 6.18 Å². The van der Waals surface area contributed by atoms with Crippen LogP contribution >= 0.6 is 11.6 Å². The summed E-state index contributed by atoms with van der Waals surface area (Å²) in [6, 6.07) is 7.99. The number of rotatable bonds is 10. The quantitative estimate of drug-likeness (QED) is 0.344. The van der Waals surface area contributed by atoms with Gasteiger partial charge in [0, 0.05) is 51.0 Å². The number of aromatic nitrogens is 1. The van der Waals surface area contributed by atoms with Crippen molar-refractivity contribution in [3.63, 3.8) is 0 Å². The van der Waals surface area contributed by atoms with E-state index in [0.29, 0.717) is 12.8 Å². The molecule has 0 amide bonds. The lowest BCUT2D eigenvalue weighted by Gasteiger charge is -2.35. The first-order valence-electron chi connectivity index (χ1n) is 14.6. The summed E-state index contributed by atoms with van der Waals surface area (Å²) in [6.45, 7) is 6.04. The fourth-order valence-corrected chi connectivity index (χ4v) is 8.40. The maximum absolute atomic E-state index is 14.0. The Bertz CT molecular complexity index is 1500. The number of halogens is 4. The molecule has 5 rings (SSSR count). The molecule has 3 heterocycles. The Morgan fingerprint density at radius 2 is 1.91 bits per heavy atom. The number of hydrogen-bond acceptors (Lipinski definition) is 8. The summed E-state index contributed by atoms with van der Waals surface area (Å²) in [5.74, 6) is -0.827. The summed E-state index contributed by atoms with van der Waals surface area (Å²) < 4.78 is 69.7. The van der Waals surface area contributed by atoms with Gasteiger partial charge in [-0.05, 0) is 69.0 Å². The zero-order chi connectivity index (χ0) is 31.0. The highest BCUT2D eigenvalue weighted by Gasteiger charge is 2.47. The summed E-state index contributed by atoms with van der Waals surface area (Å²) >= 11 is 6.55. The summed E-state index contributed by atoms with van der Waals surface area (Å²) in [7, 11) is -4.13. The number of ketones is 1. The van der Waals surface area contributed by atoms with Gasteiger partial charge < -0.3 is 14.7 Å². The minimum Gasteiger partial charge on any atom is -0.369 e. The van der Waals surface area contributed by atoms with Crippen LogP contribution in [-0.4, -0.2) is 74.6 Å². The Balaban J connectivity index is 1.40. The summed E-state index contributed by atoms with van der Waals surface area (Å²) in [6.07, 6.45) is -1.23. The van der Waals surface area contributed by atoms with Gasteiger partial charge in [-0.3, -0.25) is 4.79 Å². The Labute approximate surface area is 255 Å². The topological polar surface area (TPSA) is 97.6 Å². The van der Waals surface area contributed by atoms with Gasteiger partial charge in [0.2, 0.25) is 0 Å². The van der Waals surface area contributed by atoms with Crippen LogP contribution in [0.1, 0.15) is 51.0 Å². The molecule has 2 unspecified atom stereocenters. The molecule has 2 atom stereocenters. The minimum absolute atomic E-state index is 0.0340. The van der Waals surface area contributed by atoms with Gasteiger partial charge in [0.1, 0.15) is 5.82 Å². The van der Waals surface area contributed by atoms with Gasteiger partial charge in [0.25, 0.3) is 0 Å². The van der Waals surface area contributed by atoms with Crippen LogP contribution in [0.3, 0.4) is 0 Å². The third-order valence-corrected chi connectivity index (χ3v) is 11.6. The lowest BCUT2D eigenvalue weighted by molar-refractivity contribution is -0.137. The summed E-state index contributed by atoms with van der Waals surface area (Å²) in [4.78, 5) is 23.0. The third-order valence-electron chi connectivity index (χ3n) is 9.01. The number of nitriles is 1. The molecule has 3 fully saturated rings. The molecular formula is C30H35ClF3N5O3S. The number of carbonyl (C=O) groups is 1. The van der Waals surface area contributed by atoms with Gasteiger partial charge in [-0.15, -0.1) is 0 Å². The van der Waals surface area contributed by atoms with Gasteiger partial charge in [-0.25, -0.2) is 13.4 Å². The molecule has 0 N–H and O–H groups in total. The molecule has 0 radical (unpaired) electrons. The molecule has 43 heavy (non-hydrogen) atoms. The molecule has 13 heteroatoms. The van der Waals surface area contributed by atoms with Crippen LogP contribution < -0.4 is 9.80 Å². The van der Waals surface area contributed by atoms with Crippen molar-refractivity contribution in [1.29, 1.82) is 5.26 Å². The van der Waals surface area contributed by atoms with Crippen LogP contribution in [0.5, 0.6) is 0 Å². The van der Waals surface area contributed by atoms with Crippen molar-refractivity contribution in [3.05, 3.63) is 47.1 Å². The summed E-state index contributed by atoms with van der Waals surface area (Å²) in [5.41, 5.74) is -0.647. The second-order valence-corrected chi connectivity index (χ2v) is 14.3. The van der Waals surface area contributed by atoms with Gasteiger partial charge in [-0.2, -0.15) is 18.4 Å². The first-order valence-corrected chi connectivity index (χ1v) is 16.5. The van der Waals surface area contributed by atoms with E-state index in [2.05, 4.69) is 27.8 Å². The fourth-order valence-electron chi connectivity index (χ4n) is 6.16. The molecule has 232 valence electrons. The fraction of sp³-hybridized carbons (Fsp3) is 0.567. The first kappa shape index (κ1) is 31.5. The highest BCUT2D eigenvalue weighted by atomic mass is 35.5. The number of anilines is 2. The molecule has 8 nitrogen and oxygen atoms in total. The molecule has 1 aliphatic carbocycles. The normalized spacial score (nSPS) is 22.4. The first-order chi connectivity index (χ1) is 20.4. The van der Waals surface area contributed by atoms with E-state index in [1.807, 2.05) is 0 Å². The van der Waals surface area contributed by atoms with Crippen LogP contribution in [0.15, 0.2) is 41.4 Å². The maximum atomic E-state index is 14.0. The minimum atomic E-state index is -4.75. The van der Waals surface area contributed by atoms with E-state index in [9.17, 15) is 31.6 Å². The van der Waals surface area contributed by atoms with Crippen molar-refractivity contribution >= 4 is 38.7 Å². The van der Waals surface area contributed by atoms with E-state index in [1.54, 1.807) is 12.1 Å². The number of sulfone groups is 1. The van der Waals surface area contributed by atoms with E-state index in [4.69, 9.17) is 11.6 Å². The SMILES string of the molecule is CCN1CCN(c2ccc(S(=O)(=O)C3CC(C(=O)CCCC4(C#N)CC4)N(c4ncccc4C(F)(F)F)C3)c(Cl)c2)CC1. The maximum Gasteiger partial charge on any atom is 0.419 e. The van der Waals surface area contributed by atoms with E-state index in [1.165, 1.54) is 17.2 Å². The Morgan fingerprint density at radius 1 is 1.19 bits per heavy atom. The molecule has 2 aromatic rings. The van der Waals surface area contributed by atoms with Crippen LogP contribution in [0.4, 0.5) is 24.7 Å². The van der Waals surface area contributed by atoms with E-state index in [-0.39, 0.29) is 35.1 Å². The van der Waals surface area contributed by atoms with E-state index >= 15 is 0 Å². The van der Waals surface area contributed by atoms with Crippen LogP contribution in [0.2, 0.25) is 5.02 Å². The number of carbonyl (C=O) groups excluding carboxylic acids is 1. The Hall–Kier alpha value is -2.88. The Morgan fingerprint density at radius 3 is 2.51 bits per heavy atom. The van der Waals surface area contributed by atoms with E-state index in [0.717, 1.165) is 63.4 Å². The Kier molecular flexibility index (Phi) is 8.99. The van der Waals surface area contributed by atoms with Gasteiger partial charge in [0.15, 0.2) is 15.6 Å². The van der Waals surface area contributed by atoms with Crippen molar-refractivity contribution in [2.45, 2.75) is 67.8 Å². The van der Waals surface area contributed by atoms with Crippen molar-refractivity contribution in [1.82, 2.24) is 9.88 Å². The smallest absolute Gasteiger partial charge is 0.369 e. The molecule has 2 saturated heterocycles. The molecule has 0 bridgehead atoms. The predicted octanol–water partition coefficient (Wildman–Crippen LogP) is 5.36. The number of benzene rings is 1. The third kappa shape index (κ3) is 6.64. The standard InChI is InChI=1S/C30H35ClF3N5O3S/c1-2-37-13-15-38(16-14-37)21-7-8-27(24(31)17-21)43(41,42)22-18-25(26(40)6-3-9-29(20-35)10-11-29)39(19-22)28-23(30(32,33)34)5-4-12-36-28/h4-5,7-8,12,17,22,25H,2-3,6,9-11,13-16,18-19H2,1H3. The lowest BCUT2D eigenvalue weighted by Crippen LogP contribution is -2.46.